The van der Waals surface area contributed by atoms with Gasteiger partial charge in [0.25, 0.3) is 5.56 Å². The van der Waals surface area contributed by atoms with Crippen molar-refractivity contribution in [2.45, 2.75) is 20.4 Å². The Labute approximate surface area is 112 Å². The number of pyridine rings is 1. The average Bonchev–Trinajstić information content (AvgIpc) is 2.38. The molecule has 2 heterocycles. The van der Waals surface area contributed by atoms with Gasteiger partial charge in [-0.25, -0.2) is 4.98 Å². The lowest BCUT2D eigenvalue weighted by atomic mass is 10.3. The summed E-state index contributed by atoms with van der Waals surface area (Å²) in [6.07, 6.45) is 0. The number of aliphatic hydroxyl groups excluding tert-OH is 1. The summed E-state index contributed by atoms with van der Waals surface area (Å²) in [6, 6.07) is 7.19. The molecule has 2 rings (SSSR count). The summed E-state index contributed by atoms with van der Waals surface area (Å²) in [5, 5.41) is 8.98. The molecule has 19 heavy (non-hydrogen) atoms. The summed E-state index contributed by atoms with van der Waals surface area (Å²) in [5.41, 5.74) is 2.23. The molecule has 0 aromatic carbocycles. The van der Waals surface area contributed by atoms with E-state index in [9.17, 15) is 4.79 Å². The molecule has 0 atom stereocenters. The Balaban J connectivity index is 2.38. The maximum atomic E-state index is 12.1. The Kier molecular flexibility index (Phi) is 4.29. The second kappa shape index (κ2) is 5.95. The average molecular weight is 261 g/mol. The van der Waals surface area contributed by atoms with Gasteiger partial charge in [-0.05, 0) is 25.6 Å². The molecule has 0 radical (unpaired) electrons. The summed E-state index contributed by atoms with van der Waals surface area (Å²) in [6.45, 7) is 6.00. The minimum absolute atomic E-state index is 0.0573. The van der Waals surface area contributed by atoms with Gasteiger partial charge in [0.2, 0.25) is 0 Å². The zero-order valence-electron chi connectivity index (χ0n) is 11.3. The molecular weight excluding hydrogens is 242 g/mol. The van der Waals surface area contributed by atoms with Crippen LogP contribution in [-0.2, 0) is 6.54 Å². The first-order valence-electron chi connectivity index (χ1n) is 6.47. The fraction of sp³-hybridized carbons (Fsp3) is 0.429. The van der Waals surface area contributed by atoms with Gasteiger partial charge < -0.3 is 5.11 Å². The lowest BCUT2D eigenvalue weighted by Gasteiger charge is -2.18. The number of fused-ring (bicyclic) bond motifs is 1. The van der Waals surface area contributed by atoms with E-state index in [4.69, 9.17) is 5.11 Å². The fourth-order valence-electron chi connectivity index (χ4n) is 2.16. The lowest BCUT2D eigenvalue weighted by Crippen LogP contribution is -2.28. The summed E-state index contributed by atoms with van der Waals surface area (Å²) in [7, 11) is 0. The van der Waals surface area contributed by atoms with Crippen molar-refractivity contribution >= 4 is 5.65 Å². The predicted octanol–water partition coefficient (Wildman–Crippen LogP) is 0.817. The molecule has 0 aliphatic heterocycles. The van der Waals surface area contributed by atoms with Crippen LogP contribution in [0.25, 0.3) is 5.65 Å². The van der Waals surface area contributed by atoms with Crippen molar-refractivity contribution < 1.29 is 5.11 Å². The number of nitrogens with zero attached hydrogens (tertiary/aromatic N) is 3. The standard InChI is InChI=1S/C14H19N3O2/c1-3-16(7-8-18)10-12-9-14(19)17-11(2)5-4-6-13(17)15-12/h4-6,9,18H,3,7-8,10H2,1-2H3. The van der Waals surface area contributed by atoms with Crippen LogP contribution in [0.1, 0.15) is 18.3 Å². The maximum Gasteiger partial charge on any atom is 0.258 e. The number of rotatable bonds is 5. The third-order valence-corrected chi connectivity index (χ3v) is 3.18. The predicted molar refractivity (Wildman–Crippen MR) is 74.2 cm³/mol. The SMILES string of the molecule is CCN(CCO)Cc1cc(=O)n2c(C)cccc2n1. The van der Waals surface area contributed by atoms with Gasteiger partial charge in [-0.1, -0.05) is 13.0 Å². The highest BCUT2D eigenvalue weighted by Crippen LogP contribution is 2.05. The minimum atomic E-state index is -0.0573. The van der Waals surface area contributed by atoms with Crippen molar-refractivity contribution in [3.8, 4) is 0 Å². The molecule has 0 aliphatic rings. The molecule has 102 valence electrons. The summed E-state index contributed by atoms with van der Waals surface area (Å²) < 4.78 is 1.60. The van der Waals surface area contributed by atoms with E-state index in [0.717, 1.165) is 17.9 Å². The highest BCUT2D eigenvalue weighted by atomic mass is 16.3. The number of aryl methyl sites for hydroxylation is 1. The first kappa shape index (κ1) is 13.7. The monoisotopic (exact) mass is 261 g/mol. The van der Waals surface area contributed by atoms with Gasteiger partial charge in [0.05, 0.1) is 12.3 Å². The molecule has 0 spiro atoms. The van der Waals surface area contributed by atoms with Crippen LogP contribution >= 0.6 is 0 Å². The molecule has 2 aromatic heterocycles. The van der Waals surface area contributed by atoms with Crippen molar-refractivity contribution in [3.05, 3.63) is 46.0 Å². The third-order valence-electron chi connectivity index (χ3n) is 3.18. The molecular formula is C14H19N3O2. The molecule has 0 unspecified atom stereocenters. The smallest absolute Gasteiger partial charge is 0.258 e. The normalized spacial score (nSPS) is 11.4. The molecule has 0 aliphatic carbocycles. The highest BCUT2D eigenvalue weighted by molar-refractivity contribution is 5.40. The maximum absolute atomic E-state index is 12.1. The minimum Gasteiger partial charge on any atom is -0.395 e. The van der Waals surface area contributed by atoms with E-state index < -0.39 is 0 Å². The van der Waals surface area contributed by atoms with E-state index >= 15 is 0 Å². The van der Waals surface area contributed by atoms with Gasteiger partial charge in [0.15, 0.2) is 0 Å². The molecule has 0 saturated heterocycles. The van der Waals surface area contributed by atoms with Crippen LogP contribution in [0.2, 0.25) is 0 Å². The number of aromatic nitrogens is 2. The van der Waals surface area contributed by atoms with Gasteiger partial charge in [-0.3, -0.25) is 14.1 Å². The van der Waals surface area contributed by atoms with Crippen LogP contribution in [0.3, 0.4) is 0 Å². The van der Waals surface area contributed by atoms with Crippen molar-refractivity contribution in [2.24, 2.45) is 0 Å². The number of hydrogen-bond acceptors (Lipinski definition) is 4. The van der Waals surface area contributed by atoms with Crippen molar-refractivity contribution in [1.29, 1.82) is 0 Å². The molecule has 0 amide bonds. The van der Waals surface area contributed by atoms with E-state index in [1.807, 2.05) is 36.9 Å². The molecule has 5 nitrogen and oxygen atoms in total. The summed E-state index contributed by atoms with van der Waals surface area (Å²) >= 11 is 0. The van der Waals surface area contributed by atoms with Gasteiger partial charge in [-0.15, -0.1) is 0 Å². The fourth-order valence-corrected chi connectivity index (χ4v) is 2.16. The van der Waals surface area contributed by atoms with E-state index in [2.05, 4.69) is 4.98 Å². The Bertz CT molecular complexity index is 622. The molecule has 0 saturated carbocycles. The molecule has 5 heteroatoms. The number of aliphatic hydroxyl groups is 1. The Morgan fingerprint density at radius 2 is 2.21 bits per heavy atom. The van der Waals surface area contributed by atoms with Gasteiger partial charge in [-0.2, -0.15) is 0 Å². The van der Waals surface area contributed by atoms with E-state index in [1.54, 1.807) is 10.5 Å². The van der Waals surface area contributed by atoms with Crippen LogP contribution in [0.15, 0.2) is 29.1 Å². The second-order valence-corrected chi connectivity index (χ2v) is 4.54. The van der Waals surface area contributed by atoms with Gasteiger partial charge in [0.1, 0.15) is 5.65 Å². The zero-order chi connectivity index (χ0) is 13.8. The lowest BCUT2D eigenvalue weighted by molar-refractivity contribution is 0.195. The van der Waals surface area contributed by atoms with Crippen LogP contribution in [0.4, 0.5) is 0 Å². The molecule has 2 aromatic rings. The van der Waals surface area contributed by atoms with Crippen molar-refractivity contribution in [1.82, 2.24) is 14.3 Å². The van der Waals surface area contributed by atoms with E-state index in [0.29, 0.717) is 18.7 Å². The number of hydrogen-bond donors (Lipinski definition) is 1. The summed E-state index contributed by atoms with van der Waals surface area (Å²) in [4.78, 5) is 18.7. The van der Waals surface area contributed by atoms with Crippen molar-refractivity contribution in [2.75, 3.05) is 19.7 Å². The topological polar surface area (TPSA) is 57.8 Å². The highest BCUT2D eigenvalue weighted by Gasteiger charge is 2.07. The van der Waals surface area contributed by atoms with E-state index in [1.165, 1.54) is 0 Å². The quantitative estimate of drug-likeness (QED) is 0.865. The summed E-state index contributed by atoms with van der Waals surface area (Å²) in [5.74, 6) is 0. The number of likely N-dealkylation sites (N-methyl/N-ethyl adjacent to an activating group) is 1. The Hall–Kier alpha value is -1.72. The second-order valence-electron chi connectivity index (χ2n) is 4.54. The van der Waals surface area contributed by atoms with Gasteiger partial charge in [0, 0.05) is 24.8 Å². The first-order valence-corrected chi connectivity index (χ1v) is 6.47. The molecule has 0 bridgehead atoms. The zero-order valence-corrected chi connectivity index (χ0v) is 11.3. The first-order chi connectivity index (χ1) is 9.15. The Morgan fingerprint density at radius 3 is 2.89 bits per heavy atom. The van der Waals surface area contributed by atoms with Gasteiger partial charge >= 0.3 is 0 Å². The van der Waals surface area contributed by atoms with Crippen LogP contribution in [0.5, 0.6) is 0 Å². The van der Waals surface area contributed by atoms with Crippen LogP contribution in [0, 0.1) is 6.92 Å². The third kappa shape index (κ3) is 3.00. The van der Waals surface area contributed by atoms with Crippen LogP contribution < -0.4 is 5.56 Å². The largest absolute Gasteiger partial charge is 0.395 e. The molecule has 1 N–H and O–H groups in total. The van der Waals surface area contributed by atoms with Crippen LogP contribution in [-0.4, -0.2) is 39.1 Å². The van der Waals surface area contributed by atoms with Crippen molar-refractivity contribution in [3.63, 3.8) is 0 Å². The van der Waals surface area contributed by atoms with E-state index in [-0.39, 0.29) is 12.2 Å². The molecule has 0 fully saturated rings. The Morgan fingerprint density at radius 1 is 1.42 bits per heavy atom.